The second-order valence-corrected chi connectivity index (χ2v) is 6.78. The van der Waals surface area contributed by atoms with E-state index in [1.165, 1.54) is 6.92 Å². The Morgan fingerprint density at radius 1 is 0.571 bits per heavy atom. The van der Waals surface area contributed by atoms with Gasteiger partial charge in [0.05, 0.1) is 63.7 Å². The Balaban J connectivity index is 0. The van der Waals surface area contributed by atoms with Crippen molar-refractivity contribution in [2.45, 2.75) is 25.3 Å². The molecule has 0 fully saturated rings. The lowest BCUT2D eigenvalue weighted by Gasteiger charge is -2.31. The van der Waals surface area contributed by atoms with Crippen LogP contribution in [0.3, 0.4) is 0 Å². The molecule has 0 spiro atoms. The third kappa shape index (κ3) is 9.80. The highest BCUT2D eigenvalue weighted by Gasteiger charge is 2.45. The minimum absolute atomic E-state index is 0.141. The first kappa shape index (κ1) is 29.7. The monoisotopic (exact) mass is 422 g/mol. The van der Waals surface area contributed by atoms with E-state index >= 15 is 0 Å². The highest BCUT2D eigenvalue weighted by molar-refractivity contribution is 4.80. The topological polar surface area (TPSA) is 252 Å². The molecule has 13 nitrogen and oxygen atoms in total. The van der Waals surface area contributed by atoms with Gasteiger partial charge in [-0.05, 0) is 6.42 Å². The molecule has 0 amide bonds. The molecule has 0 atom stereocenters. The molecule has 0 rings (SSSR count). The van der Waals surface area contributed by atoms with Gasteiger partial charge in [-0.25, -0.2) is 0 Å². The third-order valence-electron chi connectivity index (χ3n) is 4.17. The van der Waals surface area contributed by atoms with Gasteiger partial charge in [0.25, 0.3) is 11.9 Å². The molecule has 0 unspecified atom stereocenters. The van der Waals surface area contributed by atoms with Crippen LogP contribution in [0.25, 0.3) is 0 Å². The van der Waals surface area contributed by atoms with Crippen molar-refractivity contribution < 1.29 is 66.0 Å². The van der Waals surface area contributed by atoms with Crippen LogP contribution in [-0.2, 0) is 4.74 Å². The van der Waals surface area contributed by atoms with Gasteiger partial charge in [-0.1, -0.05) is 6.92 Å². The van der Waals surface area contributed by atoms with Gasteiger partial charge >= 0.3 is 0 Å². The first-order chi connectivity index (χ1) is 12.8. The average Bonchev–Trinajstić information content (AvgIpc) is 2.62. The van der Waals surface area contributed by atoms with Gasteiger partial charge in [-0.3, -0.25) is 0 Å². The summed E-state index contributed by atoms with van der Waals surface area (Å²) >= 11 is 0. The largest absolute Gasteiger partial charge is 0.396 e. The molecule has 0 saturated carbocycles. The standard InChI is InChI=1S/C10H22O7.C5H12O6/c11-1-9(2-12,3-13)7-17-8-10(4-14,5-15)6-16;1-2-3(4(6,7)8)5(9,10)11/h11-16H,1-8H2;3,6-11H,2H2,1H3. The van der Waals surface area contributed by atoms with Crippen LogP contribution in [0.15, 0.2) is 0 Å². The SMILES string of the molecule is CCC(C(O)(O)O)C(O)(O)O.OCC(CO)(CO)COCC(CO)(CO)CO. The molecule has 0 saturated heterocycles. The predicted octanol–water partition coefficient (Wildman–Crippen LogP) is -5.80. The summed E-state index contributed by atoms with van der Waals surface area (Å²) in [5, 5.41) is 105. The minimum Gasteiger partial charge on any atom is -0.396 e. The summed E-state index contributed by atoms with van der Waals surface area (Å²) in [4.78, 5) is 0. The Morgan fingerprint density at radius 3 is 0.929 bits per heavy atom. The van der Waals surface area contributed by atoms with E-state index in [9.17, 15) is 0 Å². The van der Waals surface area contributed by atoms with Crippen molar-refractivity contribution in [1.82, 2.24) is 0 Å². The second kappa shape index (κ2) is 12.9. The van der Waals surface area contributed by atoms with Gasteiger partial charge in [-0.15, -0.1) is 0 Å². The maximum atomic E-state index is 9.03. The maximum Gasteiger partial charge on any atom is 0.286 e. The smallest absolute Gasteiger partial charge is 0.286 e. The Bertz CT molecular complexity index is 332. The fourth-order valence-electron chi connectivity index (χ4n) is 1.87. The molecule has 28 heavy (non-hydrogen) atoms. The average molecular weight is 422 g/mol. The lowest BCUT2D eigenvalue weighted by molar-refractivity contribution is -0.439. The quantitative estimate of drug-likeness (QED) is 0.124. The van der Waals surface area contributed by atoms with Crippen LogP contribution in [-0.4, -0.2) is 126 Å². The van der Waals surface area contributed by atoms with Crippen molar-refractivity contribution in [2.75, 3.05) is 52.9 Å². The van der Waals surface area contributed by atoms with Crippen molar-refractivity contribution in [2.24, 2.45) is 16.7 Å². The lowest BCUT2D eigenvalue weighted by atomic mass is 9.91. The number of hydrogen-bond donors (Lipinski definition) is 12. The number of aliphatic hydroxyl groups excluding tert-OH is 6. The Hall–Kier alpha value is -0.520. The Morgan fingerprint density at radius 2 is 0.821 bits per heavy atom. The summed E-state index contributed by atoms with van der Waals surface area (Å²) in [6.07, 6.45) is -0.215. The normalized spacial score (nSPS) is 13.5. The van der Waals surface area contributed by atoms with E-state index in [-0.39, 0.29) is 19.6 Å². The van der Waals surface area contributed by atoms with E-state index in [0.29, 0.717) is 0 Å². The molecule has 0 aliphatic heterocycles. The van der Waals surface area contributed by atoms with Crippen molar-refractivity contribution >= 4 is 0 Å². The van der Waals surface area contributed by atoms with E-state index in [4.69, 9.17) is 66.0 Å². The first-order valence-corrected chi connectivity index (χ1v) is 8.34. The molecule has 0 aliphatic rings. The summed E-state index contributed by atoms with van der Waals surface area (Å²) in [5.41, 5.74) is -2.32. The van der Waals surface area contributed by atoms with Gasteiger partial charge in [0.2, 0.25) is 0 Å². The predicted molar refractivity (Wildman–Crippen MR) is 90.8 cm³/mol. The van der Waals surface area contributed by atoms with Crippen LogP contribution in [0, 0.1) is 16.7 Å². The molecule has 0 aromatic heterocycles. The molecule has 0 aromatic carbocycles. The minimum atomic E-state index is -3.30. The zero-order valence-corrected chi connectivity index (χ0v) is 15.7. The number of aliphatic hydroxyl groups is 12. The Labute approximate surface area is 161 Å². The van der Waals surface area contributed by atoms with Crippen LogP contribution < -0.4 is 0 Å². The van der Waals surface area contributed by atoms with Crippen molar-refractivity contribution in [3.05, 3.63) is 0 Å². The summed E-state index contributed by atoms with van der Waals surface area (Å²) < 4.78 is 5.15. The van der Waals surface area contributed by atoms with Crippen LogP contribution in [0.4, 0.5) is 0 Å². The van der Waals surface area contributed by atoms with E-state index in [2.05, 4.69) is 0 Å². The van der Waals surface area contributed by atoms with Crippen molar-refractivity contribution in [3.63, 3.8) is 0 Å². The van der Waals surface area contributed by atoms with E-state index < -0.39 is 68.3 Å². The fourth-order valence-corrected chi connectivity index (χ4v) is 1.87. The van der Waals surface area contributed by atoms with Gasteiger partial charge in [-0.2, -0.15) is 0 Å². The number of hydrogen-bond acceptors (Lipinski definition) is 13. The molecule has 0 aliphatic carbocycles. The summed E-state index contributed by atoms with van der Waals surface area (Å²) in [7, 11) is 0. The van der Waals surface area contributed by atoms with Crippen LogP contribution in [0.5, 0.6) is 0 Å². The number of rotatable bonds is 13. The molecular weight excluding hydrogens is 388 g/mol. The Kier molecular flexibility index (Phi) is 13.7. The maximum absolute atomic E-state index is 9.03. The second-order valence-electron chi connectivity index (χ2n) is 6.78. The van der Waals surface area contributed by atoms with Crippen molar-refractivity contribution in [3.8, 4) is 0 Å². The molecule has 13 heteroatoms. The fraction of sp³-hybridized carbons (Fsp3) is 1.00. The van der Waals surface area contributed by atoms with Gasteiger partial charge < -0.3 is 66.0 Å². The van der Waals surface area contributed by atoms with Gasteiger partial charge in [0.1, 0.15) is 5.92 Å². The zero-order chi connectivity index (χ0) is 22.6. The first-order valence-electron chi connectivity index (χ1n) is 8.34. The zero-order valence-electron chi connectivity index (χ0n) is 15.7. The molecular formula is C15H34O13. The molecule has 172 valence electrons. The summed E-state index contributed by atoms with van der Waals surface area (Å²) in [6.45, 7) is -1.67. The molecule has 12 N–H and O–H groups in total. The number of ether oxygens (including phenoxy) is 1. The van der Waals surface area contributed by atoms with Gasteiger partial charge in [0.15, 0.2) is 0 Å². The molecule has 0 bridgehead atoms. The van der Waals surface area contributed by atoms with Crippen LogP contribution in [0.2, 0.25) is 0 Å². The third-order valence-corrected chi connectivity index (χ3v) is 4.17. The molecule has 0 heterocycles. The lowest BCUT2D eigenvalue weighted by Crippen LogP contribution is -2.51. The van der Waals surface area contributed by atoms with Gasteiger partial charge in [0, 0.05) is 0 Å². The molecule has 0 aromatic rings. The van der Waals surface area contributed by atoms with Crippen molar-refractivity contribution in [1.29, 1.82) is 0 Å². The highest BCUT2D eigenvalue weighted by Crippen LogP contribution is 2.24. The van der Waals surface area contributed by atoms with E-state index in [1.54, 1.807) is 0 Å². The molecule has 0 radical (unpaired) electrons. The van der Waals surface area contributed by atoms with E-state index in [1.807, 2.05) is 0 Å². The highest BCUT2D eigenvalue weighted by atomic mass is 16.7. The van der Waals surface area contributed by atoms with Crippen LogP contribution >= 0.6 is 0 Å². The van der Waals surface area contributed by atoms with E-state index in [0.717, 1.165) is 0 Å². The summed E-state index contributed by atoms with van der Waals surface area (Å²) in [6, 6.07) is 0. The summed E-state index contributed by atoms with van der Waals surface area (Å²) in [5.74, 6) is -8.45. The van der Waals surface area contributed by atoms with Crippen LogP contribution in [0.1, 0.15) is 13.3 Å².